The maximum Gasteiger partial charge on any atom is 0.310 e. The SMILES string of the molecule is CC(C)(C)COC(=O)Cc1cccc2ccccc12. The number of carbonyl (C=O) groups excluding carboxylic acids is 1. The summed E-state index contributed by atoms with van der Waals surface area (Å²) >= 11 is 0. The molecule has 0 aromatic heterocycles. The minimum Gasteiger partial charge on any atom is -0.465 e. The second-order valence-corrected chi connectivity index (χ2v) is 6.04. The Hall–Kier alpha value is -1.83. The zero-order valence-corrected chi connectivity index (χ0v) is 11.8. The van der Waals surface area contributed by atoms with Crippen LogP contribution in [0.5, 0.6) is 0 Å². The number of hydrogen-bond acceptors (Lipinski definition) is 2. The Morgan fingerprint density at radius 1 is 1.05 bits per heavy atom. The second-order valence-electron chi connectivity index (χ2n) is 6.04. The van der Waals surface area contributed by atoms with Crippen LogP contribution in [0.1, 0.15) is 26.3 Å². The van der Waals surface area contributed by atoms with Gasteiger partial charge in [-0.05, 0) is 21.8 Å². The van der Waals surface area contributed by atoms with E-state index in [4.69, 9.17) is 4.74 Å². The molecule has 0 spiro atoms. The minimum absolute atomic E-state index is 0.00835. The van der Waals surface area contributed by atoms with Crippen molar-refractivity contribution >= 4 is 16.7 Å². The summed E-state index contributed by atoms with van der Waals surface area (Å²) in [5.41, 5.74) is 1.03. The molecule has 0 radical (unpaired) electrons. The summed E-state index contributed by atoms with van der Waals surface area (Å²) in [6.45, 7) is 6.62. The van der Waals surface area contributed by atoms with Crippen LogP contribution < -0.4 is 0 Å². The molecule has 0 N–H and O–H groups in total. The summed E-state index contributed by atoms with van der Waals surface area (Å²) in [5.74, 6) is -0.161. The number of fused-ring (bicyclic) bond motifs is 1. The van der Waals surface area contributed by atoms with Crippen LogP contribution in [0.4, 0.5) is 0 Å². The van der Waals surface area contributed by atoms with Gasteiger partial charge in [0.15, 0.2) is 0 Å². The molecule has 0 saturated heterocycles. The first-order chi connectivity index (χ1) is 8.96. The van der Waals surface area contributed by atoms with Gasteiger partial charge in [-0.1, -0.05) is 63.2 Å². The lowest BCUT2D eigenvalue weighted by molar-refractivity contribution is -0.145. The molecule has 0 amide bonds. The lowest BCUT2D eigenvalue weighted by Crippen LogP contribution is -2.19. The first-order valence-electron chi connectivity index (χ1n) is 6.58. The van der Waals surface area contributed by atoms with Crippen molar-refractivity contribution in [1.82, 2.24) is 0 Å². The number of hydrogen-bond donors (Lipinski definition) is 0. The highest BCUT2D eigenvalue weighted by molar-refractivity contribution is 5.88. The van der Waals surface area contributed by atoms with Crippen LogP contribution in [0.15, 0.2) is 42.5 Å². The van der Waals surface area contributed by atoms with E-state index in [1.165, 1.54) is 0 Å². The molecule has 100 valence electrons. The molecule has 0 fully saturated rings. The van der Waals surface area contributed by atoms with Crippen molar-refractivity contribution < 1.29 is 9.53 Å². The predicted molar refractivity (Wildman–Crippen MR) is 78.1 cm³/mol. The van der Waals surface area contributed by atoms with Crippen LogP contribution in [0, 0.1) is 5.41 Å². The van der Waals surface area contributed by atoms with Crippen molar-refractivity contribution in [1.29, 1.82) is 0 Å². The van der Waals surface area contributed by atoms with E-state index in [1.54, 1.807) is 0 Å². The second kappa shape index (κ2) is 5.43. The molecule has 2 rings (SSSR count). The molecule has 0 atom stereocenters. The first kappa shape index (κ1) is 13.6. The van der Waals surface area contributed by atoms with Crippen LogP contribution in [0.3, 0.4) is 0 Å². The van der Waals surface area contributed by atoms with E-state index in [-0.39, 0.29) is 11.4 Å². The summed E-state index contributed by atoms with van der Waals surface area (Å²) in [5, 5.41) is 2.28. The Balaban J connectivity index is 2.11. The average molecular weight is 256 g/mol. The Bertz CT molecular complexity index is 574. The van der Waals surface area contributed by atoms with Crippen molar-refractivity contribution in [2.45, 2.75) is 27.2 Å². The van der Waals surface area contributed by atoms with E-state index < -0.39 is 0 Å². The zero-order valence-electron chi connectivity index (χ0n) is 11.8. The molecule has 2 aromatic carbocycles. The van der Waals surface area contributed by atoms with Gasteiger partial charge in [-0.2, -0.15) is 0 Å². The number of rotatable bonds is 3. The lowest BCUT2D eigenvalue weighted by Gasteiger charge is -2.18. The van der Waals surface area contributed by atoms with Crippen molar-refractivity contribution in [3.05, 3.63) is 48.0 Å². The Morgan fingerprint density at radius 2 is 1.74 bits per heavy atom. The van der Waals surface area contributed by atoms with Gasteiger partial charge in [-0.15, -0.1) is 0 Å². The van der Waals surface area contributed by atoms with Gasteiger partial charge in [0.25, 0.3) is 0 Å². The van der Waals surface area contributed by atoms with E-state index in [0.717, 1.165) is 16.3 Å². The van der Waals surface area contributed by atoms with Crippen molar-refractivity contribution in [2.24, 2.45) is 5.41 Å². The number of ether oxygens (including phenoxy) is 1. The van der Waals surface area contributed by atoms with Crippen molar-refractivity contribution in [3.63, 3.8) is 0 Å². The monoisotopic (exact) mass is 256 g/mol. The van der Waals surface area contributed by atoms with E-state index >= 15 is 0 Å². The highest BCUT2D eigenvalue weighted by Crippen LogP contribution is 2.20. The lowest BCUT2D eigenvalue weighted by atomic mass is 9.98. The third-order valence-corrected chi connectivity index (χ3v) is 2.88. The molecule has 0 saturated carbocycles. The molecule has 19 heavy (non-hydrogen) atoms. The van der Waals surface area contributed by atoms with Crippen LogP contribution >= 0.6 is 0 Å². The molecule has 0 bridgehead atoms. The summed E-state index contributed by atoms with van der Waals surface area (Å²) in [4.78, 5) is 11.9. The fraction of sp³-hybridized carbons (Fsp3) is 0.353. The summed E-state index contributed by atoms with van der Waals surface area (Å²) in [6.07, 6.45) is 0.331. The number of esters is 1. The van der Waals surface area contributed by atoms with Gasteiger partial charge in [-0.25, -0.2) is 0 Å². The molecule has 0 unspecified atom stereocenters. The van der Waals surface area contributed by atoms with Gasteiger partial charge in [0.2, 0.25) is 0 Å². The van der Waals surface area contributed by atoms with Crippen LogP contribution in [0.2, 0.25) is 0 Å². The normalized spacial score (nSPS) is 11.5. The van der Waals surface area contributed by atoms with Gasteiger partial charge in [0.05, 0.1) is 13.0 Å². The van der Waals surface area contributed by atoms with Gasteiger partial charge in [0.1, 0.15) is 0 Å². The molecule has 0 heterocycles. The van der Waals surface area contributed by atoms with Gasteiger partial charge < -0.3 is 4.74 Å². The Kier molecular flexibility index (Phi) is 3.89. The van der Waals surface area contributed by atoms with E-state index in [2.05, 4.69) is 32.9 Å². The Labute approximate surface area is 114 Å². The Morgan fingerprint density at radius 3 is 2.47 bits per heavy atom. The van der Waals surface area contributed by atoms with Gasteiger partial charge in [0, 0.05) is 0 Å². The highest BCUT2D eigenvalue weighted by Gasteiger charge is 2.14. The predicted octanol–water partition coefficient (Wildman–Crippen LogP) is 3.97. The summed E-state index contributed by atoms with van der Waals surface area (Å²) in [7, 11) is 0. The average Bonchev–Trinajstić information content (AvgIpc) is 2.36. The third-order valence-electron chi connectivity index (χ3n) is 2.88. The molecule has 2 heteroatoms. The smallest absolute Gasteiger partial charge is 0.310 e. The first-order valence-corrected chi connectivity index (χ1v) is 6.58. The van der Waals surface area contributed by atoms with Gasteiger partial charge in [-0.3, -0.25) is 4.79 Å². The number of benzene rings is 2. The van der Waals surface area contributed by atoms with Crippen molar-refractivity contribution in [3.8, 4) is 0 Å². The maximum absolute atomic E-state index is 11.9. The molecule has 2 nitrogen and oxygen atoms in total. The number of carbonyl (C=O) groups is 1. The van der Waals surface area contributed by atoms with E-state index in [1.807, 2.05) is 30.3 Å². The topological polar surface area (TPSA) is 26.3 Å². The van der Waals surface area contributed by atoms with E-state index in [0.29, 0.717) is 13.0 Å². The van der Waals surface area contributed by atoms with E-state index in [9.17, 15) is 4.79 Å². The fourth-order valence-electron chi connectivity index (χ4n) is 1.95. The van der Waals surface area contributed by atoms with Gasteiger partial charge >= 0.3 is 5.97 Å². The maximum atomic E-state index is 11.9. The zero-order chi connectivity index (χ0) is 13.9. The molecular formula is C17H20O2. The quantitative estimate of drug-likeness (QED) is 0.777. The molecule has 0 aliphatic carbocycles. The molecule has 0 aliphatic rings. The molecule has 2 aromatic rings. The highest BCUT2D eigenvalue weighted by atomic mass is 16.5. The standard InChI is InChI=1S/C17H20O2/c1-17(2,3)12-19-16(18)11-14-9-6-8-13-7-4-5-10-15(13)14/h4-10H,11-12H2,1-3H3. The minimum atomic E-state index is -0.161. The fourth-order valence-corrected chi connectivity index (χ4v) is 1.95. The molecule has 0 aliphatic heterocycles. The summed E-state index contributed by atoms with van der Waals surface area (Å²) in [6, 6.07) is 14.1. The largest absolute Gasteiger partial charge is 0.465 e. The van der Waals surface area contributed by atoms with Crippen LogP contribution in [-0.4, -0.2) is 12.6 Å². The van der Waals surface area contributed by atoms with Crippen molar-refractivity contribution in [2.75, 3.05) is 6.61 Å². The van der Waals surface area contributed by atoms with Crippen LogP contribution in [-0.2, 0) is 16.0 Å². The summed E-state index contributed by atoms with van der Waals surface area (Å²) < 4.78 is 5.32. The van der Waals surface area contributed by atoms with Crippen LogP contribution in [0.25, 0.3) is 10.8 Å². The molecular weight excluding hydrogens is 236 g/mol. The third kappa shape index (κ3) is 3.82.